The quantitative estimate of drug-likeness (QED) is 0.650. The van der Waals surface area contributed by atoms with Gasteiger partial charge in [-0.25, -0.2) is 0 Å². The fourth-order valence-electron chi connectivity index (χ4n) is 1.57. The molecule has 70 valence electrons. The van der Waals surface area contributed by atoms with Gasteiger partial charge in [-0.2, -0.15) is 0 Å². The molecule has 0 bridgehead atoms. The summed E-state index contributed by atoms with van der Waals surface area (Å²) in [7, 11) is 0. The molecular formula is C9H17NO2. The highest BCUT2D eigenvalue weighted by atomic mass is 16.3. The van der Waals surface area contributed by atoms with Crippen LogP contribution in [0.15, 0.2) is 0 Å². The molecule has 12 heavy (non-hydrogen) atoms. The van der Waals surface area contributed by atoms with Crippen molar-refractivity contribution in [2.75, 3.05) is 6.54 Å². The Balaban J connectivity index is 2.32. The van der Waals surface area contributed by atoms with E-state index in [9.17, 15) is 9.90 Å². The molecule has 1 fully saturated rings. The zero-order chi connectivity index (χ0) is 9.14. The lowest BCUT2D eigenvalue weighted by Gasteiger charge is -2.17. The number of nitrogens with one attached hydrogen (secondary N) is 1. The Labute approximate surface area is 73.2 Å². The van der Waals surface area contributed by atoms with Crippen LogP contribution in [-0.2, 0) is 4.79 Å². The summed E-state index contributed by atoms with van der Waals surface area (Å²) < 4.78 is 0. The first-order chi connectivity index (χ1) is 5.59. The summed E-state index contributed by atoms with van der Waals surface area (Å²) in [6.07, 6.45) is 0.969. The van der Waals surface area contributed by atoms with Crippen molar-refractivity contribution in [1.82, 2.24) is 5.32 Å². The number of rotatable bonds is 3. The highest BCUT2D eigenvalue weighted by Gasteiger charge is 2.27. The Morgan fingerprint density at radius 1 is 1.67 bits per heavy atom. The van der Waals surface area contributed by atoms with Crippen molar-refractivity contribution < 1.29 is 9.90 Å². The Morgan fingerprint density at radius 2 is 2.33 bits per heavy atom. The van der Waals surface area contributed by atoms with Gasteiger partial charge in [0.2, 0.25) is 5.91 Å². The van der Waals surface area contributed by atoms with E-state index in [0.29, 0.717) is 18.9 Å². The molecule has 0 aromatic rings. The first-order valence-corrected chi connectivity index (χ1v) is 4.54. The van der Waals surface area contributed by atoms with E-state index in [1.165, 1.54) is 0 Å². The fourth-order valence-corrected chi connectivity index (χ4v) is 1.57. The molecule has 3 nitrogen and oxygen atoms in total. The monoisotopic (exact) mass is 171 g/mol. The van der Waals surface area contributed by atoms with Crippen molar-refractivity contribution in [3.05, 3.63) is 0 Å². The van der Waals surface area contributed by atoms with E-state index in [0.717, 1.165) is 6.42 Å². The Bertz CT molecular complexity index is 168. The van der Waals surface area contributed by atoms with Crippen LogP contribution in [0.2, 0.25) is 0 Å². The zero-order valence-electron chi connectivity index (χ0n) is 7.71. The molecule has 2 unspecified atom stereocenters. The van der Waals surface area contributed by atoms with Crippen LogP contribution in [0.4, 0.5) is 0 Å². The van der Waals surface area contributed by atoms with Crippen molar-refractivity contribution in [2.24, 2.45) is 11.8 Å². The highest BCUT2D eigenvalue weighted by Crippen LogP contribution is 2.19. The lowest BCUT2D eigenvalue weighted by atomic mass is 9.94. The van der Waals surface area contributed by atoms with Gasteiger partial charge in [0.25, 0.3) is 0 Å². The van der Waals surface area contributed by atoms with Crippen LogP contribution in [-0.4, -0.2) is 23.7 Å². The van der Waals surface area contributed by atoms with E-state index < -0.39 is 0 Å². The van der Waals surface area contributed by atoms with E-state index in [1.54, 1.807) is 0 Å². The van der Waals surface area contributed by atoms with Crippen LogP contribution < -0.4 is 5.32 Å². The summed E-state index contributed by atoms with van der Waals surface area (Å²) in [5, 5.41) is 12.4. The van der Waals surface area contributed by atoms with Crippen LogP contribution in [0.1, 0.15) is 26.7 Å². The first-order valence-electron chi connectivity index (χ1n) is 4.54. The fraction of sp³-hybridized carbons (Fsp3) is 0.889. The number of carbonyl (C=O) groups excluding carboxylic acids is 1. The largest absolute Gasteiger partial charge is 0.393 e. The molecule has 0 spiro atoms. The molecular weight excluding hydrogens is 154 g/mol. The number of hydrogen-bond donors (Lipinski definition) is 2. The molecule has 1 rings (SSSR count). The third kappa shape index (κ3) is 2.48. The van der Waals surface area contributed by atoms with Crippen molar-refractivity contribution in [2.45, 2.75) is 32.8 Å². The van der Waals surface area contributed by atoms with Crippen LogP contribution in [0.5, 0.6) is 0 Å². The lowest BCUT2D eigenvalue weighted by Crippen LogP contribution is -2.24. The van der Waals surface area contributed by atoms with Crippen molar-refractivity contribution >= 4 is 5.91 Å². The topological polar surface area (TPSA) is 49.3 Å². The molecule has 1 saturated heterocycles. The average Bonchev–Trinajstić information content (AvgIpc) is 2.34. The summed E-state index contributed by atoms with van der Waals surface area (Å²) in [6, 6.07) is 0. The third-order valence-corrected chi connectivity index (χ3v) is 2.27. The molecule has 2 atom stereocenters. The maximum Gasteiger partial charge on any atom is 0.220 e. The molecule has 1 aliphatic rings. The van der Waals surface area contributed by atoms with Crippen LogP contribution in [0, 0.1) is 11.8 Å². The molecule has 0 aromatic heterocycles. The molecule has 0 saturated carbocycles. The normalized spacial score (nSPS) is 26.0. The third-order valence-electron chi connectivity index (χ3n) is 2.27. The van der Waals surface area contributed by atoms with Gasteiger partial charge in [0.05, 0.1) is 6.10 Å². The smallest absolute Gasteiger partial charge is 0.220 e. The van der Waals surface area contributed by atoms with Gasteiger partial charge in [-0.3, -0.25) is 4.79 Å². The summed E-state index contributed by atoms with van der Waals surface area (Å²) in [4.78, 5) is 10.8. The molecule has 2 N–H and O–H groups in total. The predicted molar refractivity (Wildman–Crippen MR) is 46.6 cm³/mol. The maximum absolute atomic E-state index is 10.8. The van der Waals surface area contributed by atoms with Crippen molar-refractivity contribution in [3.8, 4) is 0 Å². The molecule has 1 amide bonds. The molecule has 3 heteroatoms. The molecule has 0 radical (unpaired) electrons. The number of amides is 1. The number of hydrogen-bond acceptors (Lipinski definition) is 2. The second-order valence-electron chi connectivity index (χ2n) is 3.97. The van der Waals surface area contributed by atoms with Gasteiger partial charge in [-0.1, -0.05) is 13.8 Å². The minimum absolute atomic E-state index is 0.0720. The summed E-state index contributed by atoms with van der Waals surface area (Å²) >= 11 is 0. The van der Waals surface area contributed by atoms with E-state index in [1.807, 2.05) is 0 Å². The Morgan fingerprint density at radius 3 is 2.75 bits per heavy atom. The number of carbonyl (C=O) groups is 1. The van der Waals surface area contributed by atoms with Gasteiger partial charge in [0.15, 0.2) is 0 Å². The highest BCUT2D eigenvalue weighted by molar-refractivity contribution is 5.78. The second-order valence-corrected chi connectivity index (χ2v) is 3.97. The van der Waals surface area contributed by atoms with Crippen LogP contribution in [0.3, 0.4) is 0 Å². The summed E-state index contributed by atoms with van der Waals surface area (Å²) in [5.41, 5.74) is 0. The van der Waals surface area contributed by atoms with Crippen LogP contribution >= 0.6 is 0 Å². The van der Waals surface area contributed by atoms with E-state index in [4.69, 9.17) is 0 Å². The van der Waals surface area contributed by atoms with Gasteiger partial charge in [-0.05, 0) is 12.3 Å². The van der Waals surface area contributed by atoms with Crippen molar-refractivity contribution in [3.63, 3.8) is 0 Å². The van der Waals surface area contributed by atoms with Gasteiger partial charge >= 0.3 is 0 Å². The van der Waals surface area contributed by atoms with E-state index >= 15 is 0 Å². The average molecular weight is 171 g/mol. The number of aliphatic hydroxyl groups excluding tert-OH is 1. The minimum Gasteiger partial charge on any atom is -0.393 e. The predicted octanol–water partition coefficient (Wildman–Crippen LogP) is 0.529. The first kappa shape index (κ1) is 9.52. The van der Waals surface area contributed by atoms with Gasteiger partial charge in [-0.15, -0.1) is 0 Å². The summed E-state index contributed by atoms with van der Waals surface area (Å²) in [5.74, 6) is 0.707. The summed E-state index contributed by atoms with van der Waals surface area (Å²) in [6.45, 7) is 4.80. The Hall–Kier alpha value is -0.570. The Kier molecular flexibility index (Phi) is 3.09. The van der Waals surface area contributed by atoms with E-state index in [-0.39, 0.29) is 17.9 Å². The van der Waals surface area contributed by atoms with Crippen molar-refractivity contribution in [1.29, 1.82) is 0 Å². The van der Waals surface area contributed by atoms with Crippen LogP contribution in [0.25, 0.3) is 0 Å². The van der Waals surface area contributed by atoms with Gasteiger partial charge in [0.1, 0.15) is 0 Å². The SMILES string of the molecule is CC(C)CC(O)C1CNC(=O)C1. The van der Waals surface area contributed by atoms with Gasteiger partial charge in [0, 0.05) is 18.9 Å². The second kappa shape index (κ2) is 3.90. The molecule has 1 aliphatic heterocycles. The standard InChI is InChI=1S/C9H17NO2/c1-6(2)3-8(11)7-4-9(12)10-5-7/h6-8,11H,3-5H2,1-2H3,(H,10,12). The minimum atomic E-state index is -0.316. The molecule has 0 aliphatic carbocycles. The van der Waals surface area contributed by atoms with Gasteiger partial charge < -0.3 is 10.4 Å². The molecule has 1 heterocycles. The number of aliphatic hydroxyl groups is 1. The zero-order valence-corrected chi connectivity index (χ0v) is 7.71. The lowest BCUT2D eigenvalue weighted by molar-refractivity contribution is -0.119. The maximum atomic E-state index is 10.8. The molecule has 0 aromatic carbocycles. The van der Waals surface area contributed by atoms with E-state index in [2.05, 4.69) is 19.2 Å².